The second-order valence-corrected chi connectivity index (χ2v) is 5.40. The maximum absolute atomic E-state index is 11.7. The van der Waals surface area contributed by atoms with Gasteiger partial charge in [-0.15, -0.1) is 0 Å². The molecule has 0 aliphatic rings. The lowest BCUT2D eigenvalue weighted by Gasteiger charge is -2.15. The van der Waals surface area contributed by atoms with E-state index in [1.165, 1.54) is 0 Å². The van der Waals surface area contributed by atoms with Gasteiger partial charge in [-0.3, -0.25) is 4.79 Å². The lowest BCUT2D eigenvalue weighted by atomic mass is 10.1. The highest BCUT2D eigenvalue weighted by molar-refractivity contribution is 5.77. The van der Waals surface area contributed by atoms with Gasteiger partial charge in [0, 0.05) is 6.04 Å². The van der Waals surface area contributed by atoms with Crippen LogP contribution in [0.3, 0.4) is 0 Å². The van der Waals surface area contributed by atoms with Crippen LogP contribution in [0.15, 0.2) is 24.3 Å². The fourth-order valence-electron chi connectivity index (χ4n) is 2.04. The number of amides is 1. The second-order valence-electron chi connectivity index (χ2n) is 5.40. The SMILES string of the molecule is CCC(CC)NC(=O)COc1ccc(CCC(C)O)cc1. The van der Waals surface area contributed by atoms with E-state index in [1.807, 2.05) is 24.3 Å². The Morgan fingerprint density at radius 1 is 1.24 bits per heavy atom. The highest BCUT2D eigenvalue weighted by atomic mass is 16.5. The largest absolute Gasteiger partial charge is 0.484 e. The lowest BCUT2D eigenvalue weighted by molar-refractivity contribution is -0.123. The van der Waals surface area contributed by atoms with Crippen molar-refractivity contribution >= 4 is 5.91 Å². The molecule has 1 unspecified atom stereocenters. The highest BCUT2D eigenvalue weighted by Crippen LogP contribution is 2.14. The third kappa shape index (κ3) is 7.14. The molecule has 21 heavy (non-hydrogen) atoms. The molecule has 0 saturated carbocycles. The van der Waals surface area contributed by atoms with Gasteiger partial charge in [-0.25, -0.2) is 0 Å². The summed E-state index contributed by atoms with van der Waals surface area (Å²) in [7, 11) is 0. The van der Waals surface area contributed by atoms with Gasteiger partial charge in [-0.1, -0.05) is 26.0 Å². The molecule has 4 nitrogen and oxygen atoms in total. The van der Waals surface area contributed by atoms with Crippen LogP contribution in [0, 0.1) is 0 Å². The highest BCUT2D eigenvalue weighted by Gasteiger charge is 2.08. The number of carbonyl (C=O) groups is 1. The van der Waals surface area contributed by atoms with E-state index < -0.39 is 0 Å². The maximum Gasteiger partial charge on any atom is 0.258 e. The Kier molecular flexibility index (Phi) is 7.83. The Morgan fingerprint density at radius 3 is 2.38 bits per heavy atom. The molecule has 1 rings (SSSR count). The summed E-state index contributed by atoms with van der Waals surface area (Å²) in [4.78, 5) is 11.7. The number of carbonyl (C=O) groups excluding carboxylic acids is 1. The van der Waals surface area contributed by atoms with Gasteiger partial charge in [0.2, 0.25) is 0 Å². The minimum absolute atomic E-state index is 0.0452. The van der Waals surface area contributed by atoms with Gasteiger partial charge >= 0.3 is 0 Å². The number of rotatable bonds is 9. The van der Waals surface area contributed by atoms with Crippen LogP contribution in [-0.4, -0.2) is 29.8 Å². The van der Waals surface area contributed by atoms with E-state index >= 15 is 0 Å². The Balaban J connectivity index is 2.36. The van der Waals surface area contributed by atoms with E-state index in [1.54, 1.807) is 6.92 Å². The summed E-state index contributed by atoms with van der Waals surface area (Å²) in [6.07, 6.45) is 3.17. The van der Waals surface area contributed by atoms with Crippen LogP contribution in [0.4, 0.5) is 0 Å². The molecule has 118 valence electrons. The fourth-order valence-corrected chi connectivity index (χ4v) is 2.04. The lowest BCUT2D eigenvalue weighted by Crippen LogP contribution is -2.37. The van der Waals surface area contributed by atoms with Crippen LogP contribution in [-0.2, 0) is 11.2 Å². The topological polar surface area (TPSA) is 58.6 Å². The van der Waals surface area contributed by atoms with Crippen LogP contribution >= 0.6 is 0 Å². The molecule has 1 aromatic carbocycles. The predicted octanol–water partition coefficient (Wildman–Crippen LogP) is 2.68. The number of benzene rings is 1. The van der Waals surface area contributed by atoms with E-state index in [9.17, 15) is 9.90 Å². The number of hydrogen-bond donors (Lipinski definition) is 2. The normalized spacial score (nSPS) is 12.2. The van der Waals surface area contributed by atoms with E-state index in [4.69, 9.17) is 4.74 Å². The Hall–Kier alpha value is -1.55. The van der Waals surface area contributed by atoms with Crippen molar-refractivity contribution in [1.82, 2.24) is 5.32 Å². The maximum atomic E-state index is 11.7. The minimum Gasteiger partial charge on any atom is -0.484 e. The average molecular weight is 293 g/mol. The molecule has 0 heterocycles. The quantitative estimate of drug-likeness (QED) is 0.736. The van der Waals surface area contributed by atoms with E-state index in [-0.39, 0.29) is 24.7 Å². The van der Waals surface area contributed by atoms with Crippen LogP contribution in [0.5, 0.6) is 5.75 Å². The summed E-state index contributed by atoms with van der Waals surface area (Å²) in [6, 6.07) is 7.89. The van der Waals surface area contributed by atoms with Crippen molar-refractivity contribution in [3.05, 3.63) is 29.8 Å². The number of nitrogens with one attached hydrogen (secondary N) is 1. The molecule has 1 amide bonds. The van der Waals surface area contributed by atoms with Crippen molar-refractivity contribution in [2.75, 3.05) is 6.61 Å². The third-order valence-electron chi connectivity index (χ3n) is 3.49. The Bertz CT molecular complexity index is 411. The van der Waals surface area contributed by atoms with Gasteiger partial charge in [0.15, 0.2) is 6.61 Å². The minimum atomic E-state index is -0.283. The van der Waals surface area contributed by atoms with Crippen molar-refractivity contribution in [2.24, 2.45) is 0 Å². The van der Waals surface area contributed by atoms with Crippen LogP contribution < -0.4 is 10.1 Å². The molecule has 0 bridgehead atoms. The van der Waals surface area contributed by atoms with Crippen LogP contribution in [0.25, 0.3) is 0 Å². The molecule has 0 saturated heterocycles. The van der Waals surface area contributed by atoms with E-state index in [0.717, 1.165) is 31.2 Å². The van der Waals surface area contributed by atoms with Crippen molar-refractivity contribution < 1.29 is 14.6 Å². The van der Waals surface area contributed by atoms with E-state index in [2.05, 4.69) is 19.2 Å². The fraction of sp³-hybridized carbons (Fsp3) is 0.588. The van der Waals surface area contributed by atoms with Gasteiger partial charge < -0.3 is 15.2 Å². The average Bonchev–Trinajstić information content (AvgIpc) is 2.49. The van der Waals surface area contributed by atoms with Gasteiger partial charge in [0.25, 0.3) is 5.91 Å². The zero-order chi connectivity index (χ0) is 15.7. The van der Waals surface area contributed by atoms with Gasteiger partial charge in [-0.2, -0.15) is 0 Å². The number of aliphatic hydroxyl groups excluding tert-OH is 1. The summed E-state index contributed by atoms with van der Waals surface area (Å²) < 4.78 is 5.48. The number of aliphatic hydroxyl groups is 1. The zero-order valence-corrected chi connectivity index (χ0v) is 13.3. The summed E-state index contributed by atoms with van der Waals surface area (Å²) in [6.45, 7) is 5.95. The first-order valence-electron chi connectivity index (χ1n) is 7.74. The molecule has 0 radical (unpaired) electrons. The standard InChI is InChI=1S/C17H27NO3/c1-4-15(5-2)18-17(20)12-21-16-10-8-14(9-11-16)7-6-13(3)19/h8-11,13,15,19H,4-7,12H2,1-3H3,(H,18,20). The molecule has 0 aliphatic carbocycles. The molecular weight excluding hydrogens is 266 g/mol. The summed E-state index contributed by atoms with van der Waals surface area (Å²) in [5, 5.41) is 12.2. The van der Waals surface area contributed by atoms with Crippen molar-refractivity contribution in [3.63, 3.8) is 0 Å². The Morgan fingerprint density at radius 2 is 1.86 bits per heavy atom. The number of hydrogen-bond acceptors (Lipinski definition) is 3. The van der Waals surface area contributed by atoms with Gasteiger partial charge in [0.05, 0.1) is 6.10 Å². The molecule has 0 aliphatic heterocycles. The summed E-state index contributed by atoms with van der Waals surface area (Å²) >= 11 is 0. The molecule has 0 spiro atoms. The summed E-state index contributed by atoms with van der Waals surface area (Å²) in [5.41, 5.74) is 1.16. The first-order chi connectivity index (χ1) is 10.0. The van der Waals surface area contributed by atoms with Crippen molar-refractivity contribution in [2.45, 2.75) is 58.6 Å². The van der Waals surface area contributed by atoms with E-state index in [0.29, 0.717) is 5.75 Å². The molecule has 1 aromatic rings. The first kappa shape index (κ1) is 17.5. The molecule has 0 fully saturated rings. The van der Waals surface area contributed by atoms with Gasteiger partial charge in [-0.05, 0) is 50.3 Å². The monoisotopic (exact) mass is 293 g/mol. The molecular formula is C17H27NO3. The third-order valence-corrected chi connectivity index (χ3v) is 3.49. The zero-order valence-electron chi connectivity index (χ0n) is 13.3. The Labute approximate surface area is 127 Å². The van der Waals surface area contributed by atoms with Crippen LogP contribution in [0.1, 0.15) is 45.6 Å². The molecule has 1 atom stereocenters. The number of ether oxygens (including phenoxy) is 1. The van der Waals surface area contributed by atoms with Gasteiger partial charge in [0.1, 0.15) is 5.75 Å². The predicted molar refractivity (Wildman–Crippen MR) is 84.5 cm³/mol. The molecule has 0 aromatic heterocycles. The first-order valence-corrected chi connectivity index (χ1v) is 7.74. The molecule has 4 heteroatoms. The smallest absolute Gasteiger partial charge is 0.258 e. The number of aryl methyl sites for hydroxylation is 1. The van der Waals surface area contributed by atoms with Crippen LogP contribution in [0.2, 0.25) is 0 Å². The van der Waals surface area contributed by atoms with Crippen molar-refractivity contribution in [1.29, 1.82) is 0 Å². The molecule has 2 N–H and O–H groups in total. The summed E-state index contributed by atoms with van der Waals surface area (Å²) in [5.74, 6) is 0.609. The second kappa shape index (κ2) is 9.40. The van der Waals surface area contributed by atoms with Crippen molar-refractivity contribution in [3.8, 4) is 5.75 Å².